The van der Waals surface area contributed by atoms with Crippen LogP contribution in [0.25, 0.3) is 33.5 Å². The number of aryl methyl sites for hydroxylation is 1. The van der Waals surface area contributed by atoms with Crippen LogP contribution in [0.3, 0.4) is 0 Å². The van der Waals surface area contributed by atoms with Gasteiger partial charge < -0.3 is 18.6 Å². The molecule has 0 aliphatic heterocycles. The Morgan fingerprint density at radius 3 is 2.53 bits per heavy atom. The Bertz CT molecular complexity index is 1340. The van der Waals surface area contributed by atoms with E-state index >= 15 is 0 Å². The zero-order valence-electron chi connectivity index (χ0n) is 18.5. The number of rotatable bonds is 8. The highest BCUT2D eigenvalue weighted by atomic mass is 16.5. The molecule has 0 saturated carbocycles. The molecule has 0 saturated heterocycles. The number of carbonyl (C=O) groups is 1. The molecule has 0 bridgehead atoms. The summed E-state index contributed by atoms with van der Waals surface area (Å²) in [6.07, 6.45) is 3.38. The predicted octanol–water partition coefficient (Wildman–Crippen LogP) is 3.65. The van der Waals surface area contributed by atoms with Crippen LogP contribution in [0.15, 0.2) is 47.4 Å². The van der Waals surface area contributed by atoms with Gasteiger partial charge in [-0.05, 0) is 42.8 Å². The normalized spacial score (nSPS) is 11.3. The van der Waals surface area contributed by atoms with Crippen molar-refractivity contribution < 1.29 is 14.3 Å². The molecule has 0 radical (unpaired) electrons. The number of unbranched alkanes of at least 4 members (excludes halogenated alkanes) is 1. The number of hydrogen-bond donors (Lipinski definition) is 0. The predicted molar refractivity (Wildman–Crippen MR) is 123 cm³/mol. The van der Waals surface area contributed by atoms with Crippen molar-refractivity contribution in [1.29, 1.82) is 0 Å². The lowest BCUT2D eigenvalue weighted by Crippen LogP contribution is -2.22. The summed E-state index contributed by atoms with van der Waals surface area (Å²) in [7, 11) is 2.98. The standard InChI is InChI=1S/C24H26N4O4/c1-4-5-10-28-21-9-7-17(24(30)32-3)14-19(21)26-23(28)16-6-8-20-18(13-16)25-15-22(29)27(20)11-12-31-2/h6-9,13-15H,4-5,10-12H2,1-3H3. The number of ether oxygens (including phenoxy) is 2. The molecule has 8 heteroatoms. The van der Waals surface area contributed by atoms with E-state index in [-0.39, 0.29) is 11.5 Å². The van der Waals surface area contributed by atoms with Gasteiger partial charge in [0, 0.05) is 25.8 Å². The number of imidazole rings is 1. The molecule has 0 atom stereocenters. The van der Waals surface area contributed by atoms with E-state index in [1.807, 2.05) is 24.3 Å². The average molecular weight is 434 g/mol. The fourth-order valence-electron chi connectivity index (χ4n) is 3.86. The van der Waals surface area contributed by atoms with Gasteiger partial charge in [0.25, 0.3) is 5.56 Å². The molecule has 32 heavy (non-hydrogen) atoms. The molecule has 8 nitrogen and oxygen atoms in total. The van der Waals surface area contributed by atoms with E-state index in [1.165, 1.54) is 13.3 Å². The van der Waals surface area contributed by atoms with Crippen molar-refractivity contribution in [2.75, 3.05) is 20.8 Å². The van der Waals surface area contributed by atoms with Gasteiger partial charge in [0.15, 0.2) is 0 Å². The fourth-order valence-corrected chi connectivity index (χ4v) is 3.86. The van der Waals surface area contributed by atoms with E-state index in [2.05, 4.69) is 16.5 Å². The Morgan fingerprint density at radius 2 is 1.78 bits per heavy atom. The maximum absolute atomic E-state index is 12.3. The van der Waals surface area contributed by atoms with E-state index in [0.29, 0.717) is 24.2 Å². The molecule has 0 amide bonds. The molecule has 4 aromatic rings. The summed E-state index contributed by atoms with van der Waals surface area (Å²) in [6, 6.07) is 11.2. The third-order valence-corrected chi connectivity index (χ3v) is 5.53. The van der Waals surface area contributed by atoms with Gasteiger partial charge in [-0.25, -0.2) is 14.8 Å². The summed E-state index contributed by atoms with van der Waals surface area (Å²) in [5.41, 5.74) is 4.36. The summed E-state index contributed by atoms with van der Waals surface area (Å²) in [6.45, 7) is 3.85. The van der Waals surface area contributed by atoms with E-state index in [1.54, 1.807) is 23.8 Å². The summed E-state index contributed by atoms with van der Waals surface area (Å²) < 4.78 is 13.8. The van der Waals surface area contributed by atoms with E-state index in [4.69, 9.17) is 14.5 Å². The van der Waals surface area contributed by atoms with Crippen molar-refractivity contribution in [3.8, 4) is 11.4 Å². The molecule has 0 aliphatic carbocycles. The molecular weight excluding hydrogens is 408 g/mol. The Hall–Kier alpha value is -3.52. The quantitative estimate of drug-likeness (QED) is 0.394. The largest absolute Gasteiger partial charge is 0.465 e. The van der Waals surface area contributed by atoms with Crippen LogP contribution >= 0.6 is 0 Å². The van der Waals surface area contributed by atoms with E-state index in [0.717, 1.165) is 47.3 Å². The minimum Gasteiger partial charge on any atom is -0.465 e. The van der Waals surface area contributed by atoms with Gasteiger partial charge >= 0.3 is 5.97 Å². The first kappa shape index (κ1) is 21.7. The molecule has 0 fully saturated rings. The van der Waals surface area contributed by atoms with Gasteiger partial charge in [-0.15, -0.1) is 0 Å². The zero-order valence-corrected chi connectivity index (χ0v) is 18.5. The molecule has 2 heterocycles. The summed E-state index contributed by atoms with van der Waals surface area (Å²) in [5, 5.41) is 0. The minimum atomic E-state index is -0.388. The van der Waals surface area contributed by atoms with Gasteiger partial charge in [-0.2, -0.15) is 0 Å². The molecule has 2 aromatic heterocycles. The highest BCUT2D eigenvalue weighted by molar-refractivity contribution is 5.94. The number of aromatic nitrogens is 4. The monoisotopic (exact) mass is 434 g/mol. The summed E-state index contributed by atoms with van der Waals surface area (Å²) in [5.74, 6) is 0.411. The van der Waals surface area contributed by atoms with Crippen molar-refractivity contribution in [3.05, 3.63) is 58.5 Å². The topological polar surface area (TPSA) is 88.2 Å². The number of methoxy groups -OCH3 is 2. The van der Waals surface area contributed by atoms with Crippen molar-refractivity contribution in [3.63, 3.8) is 0 Å². The number of fused-ring (bicyclic) bond motifs is 2. The molecule has 0 unspecified atom stereocenters. The second-order valence-electron chi connectivity index (χ2n) is 7.58. The van der Waals surface area contributed by atoms with Crippen LogP contribution in [0.2, 0.25) is 0 Å². The Balaban J connectivity index is 1.86. The maximum Gasteiger partial charge on any atom is 0.337 e. The Kier molecular flexibility index (Phi) is 6.32. The van der Waals surface area contributed by atoms with Crippen LogP contribution in [0.5, 0.6) is 0 Å². The Morgan fingerprint density at radius 1 is 1.00 bits per heavy atom. The van der Waals surface area contributed by atoms with Crippen LogP contribution in [0, 0.1) is 0 Å². The lowest BCUT2D eigenvalue weighted by atomic mass is 10.1. The second kappa shape index (κ2) is 9.32. The molecule has 2 aromatic carbocycles. The zero-order chi connectivity index (χ0) is 22.7. The lowest BCUT2D eigenvalue weighted by Gasteiger charge is -2.12. The van der Waals surface area contributed by atoms with E-state index < -0.39 is 0 Å². The number of carbonyl (C=O) groups excluding carboxylic acids is 1. The van der Waals surface area contributed by atoms with Crippen molar-refractivity contribution in [2.45, 2.75) is 32.9 Å². The van der Waals surface area contributed by atoms with Crippen molar-refractivity contribution in [2.24, 2.45) is 0 Å². The Labute approximate surface area is 185 Å². The SMILES string of the molecule is CCCCn1c(-c2ccc3c(c2)ncc(=O)n3CCOC)nc2cc(C(=O)OC)ccc21. The fraction of sp³-hybridized carbons (Fsp3) is 0.333. The molecule has 0 spiro atoms. The smallest absolute Gasteiger partial charge is 0.337 e. The highest BCUT2D eigenvalue weighted by Crippen LogP contribution is 2.28. The molecule has 166 valence electrons. The lowest BCUT2D eigenvalue weighted by molar-refractivity contribution is 0.0601. The number of esters is 1. The van der Waals surface area contributed by atoms with Gasteiger partial charge in [0.2, 0.25) is 0 Å². The second-order valence-corrected chi connectivity index (χ2v) is 7.58. The minimum absolute atomic E-state index is 0.159. The van der Waals surface area contributed by atoms with Crippen LogP contribution < -0.4 is 5.56 Å². The number of hydrogen-bond acceptors (Lipinski definition) is 6. The van der Waals surface area contributed by atoms with Gasteiger partial charge in [-0.3, -0.25) is 4.79 Å². The molecule has 4 rings (SSSR count). The first-order valence-corrected chi connectivity index (χ1v) is 10.6. The van der Waals surface area contributed by atoms with Gasteiger partial charge in [-0.1, -0.05) is 13.3 Å². The molecule has 0 aliphatic rings. The maximum atomic E-state index is 12.3. The number of nitrogens with zero attached hydrogens (tertiary/aromatic N) is 4. The molecule has 0 N–H and O–H groups in total. The van der Waals surface area contributed by atoms with Crippen LogP contribution in [0.1, 0.15) is 30.1 Å². The van der Waals surface area contributed by atoms with Crippen molar-refractivity contribution >= 4 is 28.0 Å². The highest BCUT2D eigenvalue weighted by Gasteiger charge is 2.16. The van der Waals surface area contributed by atoms with Crippen LogP contribution in [0.4, 0.5) is 0 Å². The first-order valence-electron chi connectivity index (χ1n) is 10.6. The third-order valence-electron chi connectivity index (χ3n) is 5.53. The van der Waals surface area contributed by atoms with Crippen LogP contribution in [-0.2, 0) is 22.6 Å². The van der Waals surface area contributed by atoms with Crippen molar-refractivity contribution in [1.82, 2.24) is 19.1 Å². The first-order chi connectivity index (χ1) is 15.6. The van der Waals surface area contributed by atoms with Gasteiger partial charge in [0.1, 0.15) is 5.82 Å². The summed E-state index contributed by atoms with van der Waals surface area (Å²) in [4.78, 5) is 33.5. The van der Waals surface area contributed by atoms with E-state index in [9.17, 15) is 9.59 Å². The number of benzene rings is 2. The average Bonchev–Trinajstić information content (AvgIpc) is 3.19. The molecular formula is C24H26N4O4. The summed E-state index contributed by atoms with van der Waals surface area (Å²) >= 11 is 0. The third kappa shape index (κ3) is 4.01. The van der Waals surface area contributed by atoms with Crippen LogP contribution in [-0.4, -0.2) is 45.9 Å². The van der Waals surface area contributed by atoms with Gasteiger partial charge in [0.05, 0.1) is 47.5 Å².